The molecule has 0 bridgehead atoms. The molecular weight excluding hydrogens is 676 g/mol. The summed E-state index contributed by atoms with van der Waals surface area (Å²) in [5.74, 6) is -0.332. The monoisotopic (exact) mass is 726 g/mol. The maximum Gasteiger partial charge on any atom is 0.341 e. The van der Waals surface area contributed by atoms with Crippen LogP contribution in [-0.4, -0.2) is 78.4 Å². The molecular formula is C43H50O10. The van der Waals surface area contributed by atoms with Gasteiger partial charge in [0.25, 0.3) is 0 Å². The highest BCUT2D eigenvalue weighted by Crippen LogP contribution is 2.38. The first-order chi connectivity index (χ1) is 25.6. The van der Waals surface area contributed by atoms with Gasteiger partial charge in [0.05, 0.1) is 49.3 Å². The van der Waals surface area contributed by atoms with Crippen LogP contribution in [0.15, 0.2) is 103 Å². The van der Waals surface area contributed by atoms with Crippen molar-refractivity contribution < 1.29 is 47.5 Å². The van der Waals surface area contributed by atoms with Gasteiger partial charge in [-0.1, -0.05) is 62.2 Å². The van der Waals surface area contributed by atoms with Crippen LogP contribution in [0.1, 0.15) is 50.0 Å². The van der Waals surface area contributed by atoms with E-state index in [1.54, 1.807) is 18.2 Å². The molecule has 0 aromatic heterocycles. The molecule has 0 radical (unpaired) electrons. The Morgan fingerprint density at radius 1 is 0.604 bits per heavy atom. The summed E-state index contributed by atoms with van der Waals surface area (Å²) in [6.45, 7) is 12.4. The molecule has 0 spiro atoms. The van der Waals surface area contributed by atoms with Gasteiger partial charge in [-0.2, -0.15) is 0 Å². The van der Waals surface area contributed by atoms with Crippen molar-refractivity contribution in [1.29, 1.82) is 0 Å². The van der Waals surface area contributed by atoms with E-state index in [1.807, 2.05) is 24.3 Å². The Labute approximate surface area is 312 Å². The molecule has 0 atom stereocenters. The smallest absolute Gasteiger partial charge is 0.341 e. The molecule has 0 amide bonds. The summed E-state index contributed by atoms with van der Waals surface area (Å²) >= 11 is 0. The lowest BCUT2D eigenvalue weighted by Gasteiger charge is -2.29. The largest absolute Gasteiger partial charge is 0.462 e. The Bertz CT molecular complexity index is 1720. The number of hydrogen-bond donors (Lipinski definition) is 0. The second kappa shape index (κ2) is 21.0. The van der Waals surface area contributed by atoms with Crippen molar-refractivity contribution in [1.82, 2.24) is 0 Å². The summed E-state index contributed by atoms with van der Waals surface area (Å²) in [5.41, 5.74) is 5.40. The summed E-state index contributed by atoms with van der Waals surface area (Å²) in [6, 6.07) is 21.2. The summed E-state index contributed by atoms with van der Waals surface area (Å²) in [6.07, 6.45) is 5.77. The number of rotatable bonds is 20. The van der Waals surface area contributed by atoms with Gasteiger partial charge in [0, 0.05) is 33.5 Å². The zero-order valence-corrected chi connectivity index (χ0v) is 31.0. The van der Waals surface area contributed by atoms with Crippen LogP contribution in [0.3, 0.4) is 0 Å². The standard InChI is InChI=1S/C43H50O10/c1-29(26-47-4)41(44)51-24-8-7-23-50-37-18-13-33(14-19-37)32-9-11-35(12-10-32)39-25-36(17-22-40(39)53-43(46)31(3)28-49-6)34-15-20-38(21-16-34)52-42(45)30(2)27-48-5/h9-12,15-17,20-22,25,33,37H,1-3,7-8,13-14,18-19,23-24,26-28H2,4-6H3. The number of carbonyl (C=O) groups excluding carboxylic acids is 3. The molecule has 3 aromatic carbocycles. The quantitative estimate of drug-likeness (QED) is 0.0494. The molecule has 1 saturated carbocycles. The first-order valence-electron chi connectivity index (χ1n) is 17.7. The third-order valence-electron chi connectivity index (χ3n) is 8.89. The maximum atomic E-state index is 12.8. The van der Waals surface area contributed by atoms with E-state index in [4.69, 9.17) is 33.2 Å². The van der Waals surface area contributed by atoms with Crippen molar-refractivity contribution in [3.05, 3.63) is 109 Å². The van der Waals surface area contributed by atoms with E-state index < -0.39 is 17.9 Å². The summed E-state index contributed by atoms with van der Waals surface area (Å²) in [7, 11) is 4.49. The van der Waals surface area contributed by atoms with E-state index in [-0.39, 0.29) is 37.1 Å². The zero-order valence-electron chi connectivity index (χ0n) is 31.0. The van der Waals surface area contributed by atoms with Gasteiger partial charge in [0.1, 0.15) is 11.5 Å². The van der Waals surface area contributed by atoms with E-state index in [1.165, 1.54) is 26.9 Å². The Kier molecular flexibility index (Phi) is 16.2. The van der Waals surface area contributed by atoms with E-state index in [2.05, 4.69) is 44.0 Å². The van der Waals surface area contributed by atoms with Crippen molar-refractivity contribution in [2.45, 2.75) is 50.5 Å². The van der Waals surface area contributed by atoms with Gasteiger partial charge in [0.2, 0.25) is 0 Å². The molecule has 10 nitrogen and oxygen atoms in total. The van der Waals surface area contributed by atoms with E-state index in [0.717, 1.165) is 60.8 Å². The summed E-state index contributed by atoms with van der Waals surface area (Å²) in [5, 5.41) is 0. The predicted molar refractivity (Wildman–Crippen MR) is 203 cm³/mol. The van der Waals surface area contributed by atoms with E-state index in [0.29, 0.717) is 36.2 Å². The highest BCUT2D eigenvalue weighted by molar-refractivity contribution is 5.92. The molecule has 282 valence electrons. The Morgan fingerprint density at radius 3 is 1.74 bits per heavy atom. The highest BCUT2D eigenvalue weighted by Gasteiger charge is 2.23. The number of benzene rings is 3. The Morgan fingerprint density at radius 2 is 1.13 bits per heavy atom. The molecule has 4 rings (SSSR count). The molecule has 3 aromatic rings. The van der Waals surface area contributed by atoms with Crippen LogP contribution >= 0.6 is 0 Å². The van der Waals surface area contributed by atoms with Crippen LogP contribution in [0.25, 0.3) is 22.3 Å². The van der Waals surface area contributed by atoms with Gasteiger partial charge >= 0.3 is 17.9 Å². The van der Waals surface area contributed by atoms with Gasteiger partial charge in [-0.15, -0.1) is 0 Å². The van der Waals surface area contributed by atoms with Crippen molar-refractivity contribution in [3.63, 3.8) is 0 Å². The molecule has 10 heteroatoms. The van der Waals surface area contributed by atoms with Gasteiger partial charge in [-0.3, -0.25) is 0 Å². The Balaban J connectivity index is 1.39. The predicted octanol–water partition coefficient (Wildman–Crippen LogP) is 7.81. The molecule has 0 unspecified atom stereocenters. The molecule has 0 N–H and O–H groups in total. The fourth-order valence-electron chi connectivity index (χ4n) is 6.01. The van der Waals surface area contributed by atoms with Crippen LogP contribution < -0.4 is 9.47 Å². The number of carbonyl (C=O) groups is 3. The second-order valence-corrected chi connectivity index (χ2v) is 12.9. The zero-order chi connectivity index (χ0) is 38.2. The SMILES string of the molecule is C=C(COC)C(=O)OCCCCOC1CCC(c2ccc(-c3cc(-c4ccc(OC(=O)C(=C)COC)cc4)ccc3OC(=O)C(=C)COC)cc2)CC1. The molecule has 1 fully saturated rings. The first-order valence-corrected chi connectivity index (χ1v) is 17.7. The van der Waals surface area contributed by atoms with Crippen LogP contribution in [0.2, 0.25) is 0 Å². The number of hydrogen-bond acceptors (Lipinski definition) is 10. The lowest BCUT2D eigenvalue weighted by Crippen LogP contribution is -2.21. The third kappa shape index (κ3) is 12.4. The lowest BCUT2D eigenvalue weighted by molar-refractivity contribution is -0.140. The van der Waals surface area contributed by atoms with Gasteiger partial charge in [-0.25, -0.2) is 14.4 Å². The Hall–Kier alpha value is -4.87. The number of unbranched alkanes of at least 4 members (excludes halogenated alkanes) is 1. The molecule has 0 aliphatic heterocycles. The summed E-state index contributed by atoms with van der Waals surface area (Å²) in [4.78, 5) is 36.9. The molecule has 0 saturated heterocycles. The fraction of sp³-hybridized carbons (Fsp3) is 0.372. The number of methoxy groups -OCH3 is 3. The van der Waals surface area contributed by atoms with Gasteiger partial charge in [-0.05, 0) is 91.0 Å². The molecule has 53 heavy (non-hydrogen) atoms. The highest BCUT2D eigenvalue weighted by atomic mass is 16.5. The van der Waals surface area contributed by atoms with Crippen LogP contribution in [0.5, 0.6) is 11.5 Å². The van der Waals surface area contributed by atoms with Crippen molar-refractivity contribution in [3.8, 4) is 33.8 Å². The van der Waals surface area contributed by atoms with E-state index in [9.17, 15) is 14.4 Å². The van der Waals surface area contributed by atoms with Crippen LogP contribution in [-0.2, 0) is 38.1 Å². The average Bonchev–Trinajstić information content (AvgIpc) is 3.17. The van der Waals surface area contributed by atoms with Crippen molar-refractivity contribution in [2.24, 2.45) is 0 Å². The normalized spacial score (nSPS) is 15.3. The molecule has 1 aliphatic carbocycles. The van der Waals surface area contributed by atoms with Crippen LogP contribution in [0, 0.1) is 0 Å². The third-order valence-corrected chi connectivity index (χ3v) is 8.89. The average molecular weight is 727 g/mol. The first kappa shape index (κ1) is 40.9. The van der Waals surface area contributed by atoms with Gasteiger partial charge < -0.3 is 33.2 Å². The topological polar surface area (TPSA) is 116 Å². The minimum Gasteiger partial charge on any atom is -0.462 e. The van der Waals surface area contributed by atoms with Crippen molar-refractivity contribution in [2.75, 3.05) is 54.4 Å². The maximum absolute atomic E-state index is 12.8. The fourth-order valence-corrected chi connectivity index (χ4v) is 6.01. The number of esters is 3. The minimum absolute atomic E-state index is 0.0631. The van der Waals surface area contributed by atoms with E-state index >= 15 is 0 Å². The minimum atomic E-state index is -0.564. The second-order valence-electron chi connectivity index (χ2n) is 12.9. The number of ether oxygens (including phenoxy) is 7. The molecule has 1 aliphatic rings. The van der Waals surface area contributed by atoms with Crippen molar-refractivity contribution >= 4 is 17.9 Å². The summed E-state index contributed by atoms with van der Waals surface area (Å²) < 4.78 is 37.5. The lowest BCUT2D eigenvalue weighted by atomic mass is 9.82. The van der Waals surface area contributed by atoms with Gasteiger partial charge in [0.15, 0.2) is 0 Å². The van der Waals surface area contributed by atoms with Crippen LogP contribution in [0.4, 0.5) is 0 Å². The molecule has 0 heterocycles.